The third-order valence-corrected chi connectivity index (χ3v) is 16.8. The largest absolute Gasteiger partial charge is 0.438 e. The van der Waals surface area contributed by atoms with Crippen LogP contribution in [-0.2, 0) is 68.8 Å². The molecule has 3 fully saturated rings. The molecule has 0 atom stereocenters. The van der Waals surface area contributed by atoms with E-state index in [0.29, 0.717) is 57.8 Å². The molecule has 0 radical (unpaired) electrons. The van der Waals surface area contributed by atoms with Crippen LogP contribution in [0.1, 0.15) is 88.6 Å². The topological polar surface area (TPSA) is 125 Å². The Labute approximate surface area is 480 Å². The van der Waals surface area contributed by atoms with Gasteiger partial charge in [-0.25, -0.2) is 14.4 Å². The number of alkyl halides is 9. The van der Waals surface area contributed by atoms with E-state index < -0.39 is 70.3 Å². The highest BCUT2D eigenvalue weighted by Crippen LogP contribution is 2.46. The molecular formula is C63H63F9N6O6. The van der Waals surface area contributed by atoms with Crippen LogP contribution in [0.4, 0.5) is 71.0 Å². The Morgan fingerprint density at radius 2 is 0.571 bits per heavy atom. The monoisotopic (exact) mass is 1170 g/mol. The van der Waals surface area contributed by atoms with Crippen LogP contribution in [0.3, 0.4) is 0 Å². The van der Waals surface area contributed by atoms with Crippen LogP contribution >= 0.6 is 0 Å². The van der Waals surface area contributed by atoms with Gasteiger partial charge in [-0.2, -0.15) is 39.5 Å². The number of fused-ring (bicyclic) bond motifs is 6. The average Bonchev–Trinajstić information content (AvgIpc) is 1.72. The van der Waals surface area contributed by atoms with Crippen molar-refractivity contribution in [2.75, 3.05) is 74.9 Å². The van der Waals surface area contributed by atoms with Gasteiger partial charge in [0.05, 0.1) is 33.8 Å². The first kappa shape index (κ1) is 59.5. The Balaban J connectivity index is 0.000000140. The summed E-state index contributed by atoms with van der Waals surface area (Å²) in [7, 11) is 0. The minimum atomic E-state index is -4.30. The Morgan fingerprint density at radius 1 is 0.345 bits per heavy atom. The summed E-state index contributed by atoms with van der Waals surface area (Å²) in [5.74, 6) is 0. The molecule has 3 saturated heterocycles. The van der Waals surface area contributed by atoms with Crippen molar-refractivity contribution in [2.45, 2.75) is 93.1 Å². The molecule has 6 aromatic rings. The summed E-state index contributed by atoms with van der Waals surface area (Å²) < 4.78 is 131. The SMILES string of the molecule is O=C1Nc2ccccc2C2(CCN(CCc3ccc(C(F)(F)F)cc3)CC2)O1.O=C1Nc2ccccc2C2(CCN(CCc3ccc(C(F)(F)F)cc3)CC2)O1.O=C1Nc2ccccc2C2(CCN(CCc3ccc(C(F)(F)F)cc3)CC2)O1. The first-order valence-corrected chi connectivity index (χ1v) is 28.0. The second-order valence-corrected chi connectivity index (χ2v) is 22.0. The zero-order valence-electron chi connectivity index (χ0n) is 45.8. The molecule has 0 aromatic heterocycles. The molecule has 84 heavy (non-hydrogen) atoms. The number of ether oxygens (including phenoxy) is 3. The predicted molar refractivity (Wildman–Crippen MR) is 297 cm³/mol. The van der Waals surface area contributed by atoms with E-state index in [4.69, 9.17) is 14.2 Å². The predicted octanol–water partition coefficient (Wildman–Crippen LogP) is 14.4. The molecule has 3 amide bonds. The molecule has 6 aromatic carbocycles. The zero-order valence-corrected chi connectivity index (χ0v) is 45.8. The highest BCUT2D eigenvalue weighted by molar-refractivity contribution is 5.90. The Bertz CT molecular complexity index is 2910. The number of benzene rings is 6. The quantitative estimate of drug-likeness (QED) is 0.0959. The van der Waals surface area contributed by atoms with Crippen molar-refractivity contribution in [1.29, 1.82) is 0 Å². The van der Waals surface area contributed by atoms with Gasteiger partial charge >= 0.3 is 36.8 Å². The Kier molecular flexibility index (Phi) is 17.4. The van der Waals surface area contributed by atoms with Crippen LogP contribution in [-0.4, -0.2) is 91.9 Å². The lowest BCUT2D eigenvalue weighted by Crippen LogP contribution is -2.48. The number of carbonyl (C=O) groups excluding carboxylic acids is 3. The molecule has 6 heterocycles. The van der Waals surface area contributed by atoms with Gasteiger partial charge in [0.1, 0.15) is 16.8 Å². The van der Waals surface area contributed by atoms with Crippen molar-refractivity contribution in [3.63, 3.8) is 0 Å². The summed E-state index contributed by atoms with van der Waals surface area (Å²) in [4.78, 5) is 42.7. The summed E-state index contributed by atoms with van der Waals surface area (Å²) >= 11 is 0. The van der Waals surface area contributed by atoms with Gasteiger partial charge in [0.15, 0.2) is 0 Å². The summed E-state index contributed by atoms with van der Waals surface area (Å²) in [5.41, 5.74) is 4.44. The van der Waals surface area contributed by atoms with Gasteiger partial charge < -0.3 is 28.9 Å². The van der Waals surface area contributed by atoms with Gasteiger partial charge in [0, 0.05) is 114 Å². The summed E-state index contributed by atoms with van der Waals surface area (Å²) in [6.07, 6.45) is -7.92. The number of para-hydroxylation sites is 3. The molecule has 0 saturated carbocycles. The van der Waals surface area contributed by atoms with Gasteiger partial charge in [-0.05, 0) is 90.6 Å². The molecular weight excluding hydrogens is 1110 g/mol. The minimum absolute atomic E-state index is 0.420. The maximum absolute atomic E-state index is 12.7. The van der Waals surface area contributed by atoms with Gasteiger partial charge in [0.2, 0.25) is 0 Å². The normalized spacial score (nSPS) is 19.0. The fourth-order valence-electron chi connectivity index (χ4n) is 12.0. The number of hydrogen-bond donors (Lipinski definition) is 3. The van der Waals surface area contributed by atoms with Crippen molar-refractivity contribution in [3.05, 3.63) is 196 Å². The highest BCUT2D eigenvalue weighted by Gasteiger charge is 2.47. The number of anilines is 3. The molecule has 3 spiro atoms. The van der Waals surface area contributed by atoms with Crippen LogP contribution < -0.4 is 16.0 Å². The smallest absolute Gasteiger partial charge is 0.416 e. The second kappa shape index (κ2) is 24.5. The van der Waals surface area contributed by atoms with Crippen LogP contribution in [0, 0.1) is 0 Å². The lowest BCUT2D eigenvalue weighted by Gasteiger charge is -2.44. The first-order chi connectivity index (χ1) is 40.1. The van der Waals surface area contributed by atoms with Gasteiger partial charge in [-0.3, -0.25) is 16.0 Å². The summed E-state index contributed by atoms with van der Waals surface area (Å²) in [5, 5.41) is 8.25. The van der Waals surface area contributed by atoms with E-state index in [1.807, 2.05) is 72.8 Å². The minimum Gasteiger partial charge on any atom is -0.438 e. The highest BCUT2D eigenvalue weighted by atomic mass is 19.4. The first-order valence-electron chi connectivity index (χ1n) is 28.0. The summed E-state index contributed by atoms with van der Waals surface area (Å²) in [6, 6.07) is 39.1. The van der Waals surface area contributed by atoms with Crippen molar-refractivity contribution in [2.24, 2.45) is 0 Å². The van der Waals surface area contributed by atoms with Crippen molar-refractivity contribution in [3.8, 4) is 0 Å². The van der Waals surface area contributed by atoms with E-state index >= 15 is 0 Å². The molecule has 12 nitrogen and oxygen atoms in total. The average molecular weight is 1170 g/mol. The third kappa shape index (κ3) is 14.0. The van der Waals surface area contributed by atoms with Crippen LogP contribution in [0.2, 0.25) is 0 Å². The van der Waals surface area contributed by atoms with E-state index in [1.165, 1.54) is 0 Å². The molecule has 0 aliphatic carbocycles. The third-order valence-electron chi connectivity index (χ3n) is 16.8. The van der Waals surface area contributed by atoms with Gasteiger partial charge in [-0.1, -0.05) is 91.0 Å². The number of carbonyl (C=O) groups is 3. The van der Waals surface area contributed by atoms with E-state index in [1.54, 1.807) is 36.4 Å². The van der Waals surface area contributed by atoms with Crippen molar-refractivity contribution in [1.82, 2.24) is 14.7 Å². The van der Waals surface area contributed by atoms with Crippen molar-refractivity contribution >= 4 is 35.3 Å². The molecule has 6 aliphatic heterocycles. The second-order valence-electron chi connectivity index (χ2n) is 22.0. The maximum atomic E-state index is 12.7. The van der Waals surface area contributed by atoms with Gasteiger partial charge in [-0.15, -0.1) is 0 Å². The molecule has 3 N–H and O–H groups in total. The molecule has 12 rings (SSSR count). The molecule has 444 valence electrons. The van der Waals surface area contributed by atoms with Gasteiger partial charge in [0.25, 0.3) is 0 Å². The summed E-state index contributed by atoms with van der Waals surface area (Å²) in [6.45, 7) is 6.87. The van der Waals surface area contributed by atoms with Crippen LogP contribution in [0.25, 0.3) is 0 Å². The van der Waals surface area contributed by atoms with Crippen LogP contribution in [0.5, 0.6) is 0 Å². The number of likely N-dealkylation sites (tertiary alicyclic amines) is 3. The maximum Gasteiger partial charge on any atom is 0.416 e. The van der Waals surface area contributed by atoms with E-state index in [2.05, 4.69) is 30.7 Å². The van der Waals surface area contributed by atoms with E-state index in [9.17, 15) is 53.9 Å². The fourth-order valence-corrected chi connectivity index (χ4v) is 12.0. The number of nitrogens with zero attached hydrogens (tertiary/aromatic N) is 3. The van der Waals surface area contributed by atoms with E-state index in [0.717, 1.165) is 146 Å². The lowest BCUT2D eigenvalue weighted by atomic mass is 9.82. The number of piperidine rings is 3. The zero-order chi connectivity index (χ0) is 59.3. The van der Waals surface area contributed by atoms with Crippen molar-refractivity contribution < 1.29 is 68.1 Å². The molecule has 6 aliphatic rings. The number of rotatable bonds is 9. The Morgan fingerprint density at radius 3 is 0.798 bits per heavy atom. The number of amides is 3. The number of nitrogens with one attached hydrogen (secondary N) is 3. The Hall–Kier alpha value is -7.62. The number of halogens is 9. The fraction of sp³-hybridized carbons (Fsp3) is 0.381. The van der Waals surface area contributed by atoms with E-state index in [-0.39, 0.29) is 0 Å². The molecule has 21 heteroatoms. The van der Waals surface area contributed by atoms with Crippen LogP contribution in [0.15, 0.2) is 146 Å². The lowest BCUT2D eigenvalue weighted by molar-refractivity contribution is -0.138. The molecule has 0 unspecified atom stereocenters. The number of hydrogen-bond acceptors (Lipinski definition) is 9. The standard InChI is InChI=1S/3C21H21F3N2O2/c3*22-21(23,24)16-7-5-15(6-8-16)9-12-26-13-10-20(11-14-26)17-3-1-2-4-18(17)25-19(27)28-20/h3*1-8H,9-14H2,(H,25,27). The molecule has 0 bridgehead atoms.